The van der Waals surface area contributed by atoms with Crippen molar-refractivity contribution in [1.82, 2.24) is 10.6 Å². The van der Waals surface area contributed by atoms with Crippen molar-refractivity contribution in [3.05, 3.63) is 23.8 Å². The lowest BCUT2D eigenvalue weighted by Crippen LogP contribution is -2.42. The van der Waals surface area contributed by atoms with Gasteiger partial charge in [-0.1, -0.05) is 18.9 Å². The molecule has 0 unspecified atom stereocenters. The maximum Gasteiger partial charge on any atom is 0.231 e. The first-order valence-corrected chi connectivity index (χ1v) is 7.78. The number of hydrogen-bond acceptors (Lipinski definition) is 3. The lowest BCUT2D eigenvalue weighted by molar-refractivity contribution is 0.174. The van der Waals surface area contributed by atoms with E-state index in [-0.39, 0.29) is 24.0 Å². The van der Waals surface area contributed by atoms with Crippen LogP contribution in [0, 0.1) is 0 Å². The number of hydrogen-bond donors (Lipinski definition) is 2. The number of guanidine groups is 1. The molecule has 2 N–H and O–H groups in total. The Labute approximate surface area is 148 Å². The molecule has 0 aromatic heterocycles. The topological polar surface area (TPSA) is 54.9 Å². The monoisotopic (exact) mass is 417 g/mol. The molecule has 1 aromatic rings. The fourth-order valence-corrected chi connectivity index (χ4v) is 2.79. The van der Waals surface area contributed by atoms with Crippen LogP contribution >= 0.6 is 24.0 Å². The number of halogens is 1. The van der Waals surface area contributed by atoms with Gasteiger partial charge in [-0.05, 0) is 37.5 Å². The van der Waals surface area contributed by atoms with Crippen LogP contribution in [0.2, 0.25) is 0 Å². The van der Waals surface area contributed by atoms with E-state index in [0.29, 0.717) is 19.4 Å². The minimum absolute atomic E-state index is 0. The number of aliphatic imine (C=N–C) groups is 1. The van der Waals surface area contributed by atoms with E-state index in [1.165, 1.54) is 25.7 Å². The summed E-state index contributed by atoms with van der Waals surface area (Å²) in [5.41, 5.74) is 1.13. The molecule has 2 aliphatic rings. The van der Waals surface area contributed by atoms with Crippen molar-refractivity contribution in [2.24, 2.45) is 4.99 Å². The van der Waals surface area contributed by atoms with E-state index < -0.39 is 0 Å². The van der Waals surface area contributed by atoms with Gasteiger partial charge in [-0.15, -0.1) is 24.0 Å². The van der Waals surface area contributed by atoms with E-state index in [9.17, 15) is 0 Å². The van der Waals surface area contributed by atoms with Crippen molar-refractivity contribution in [1.29, 1.82) is 0 Å². The molecule has 1 aliphatic carbocycles. The first-order chi connectivity index (χ1) is 10.3. The third kappa shape index (κ3) is 4.41. The molecule has 1 fully saturated rings. The highest BCUT2D eigenvalue weighted by molar-refractivity contribution is 14.0. The van der Waals surface area contributed by atoms with Crippen LogP contribution in [-0.2, 0) is 6.54 Å². The molecular formula is C16H24IN3O2. The Balaban J connectivity index is 0.00000176. The number of nitrogens with zero attached hydrogens (tertiary/aromatic N) is 1. The average Bonchev–Trinajstić information content (AvgIpc) is 3.15. The highest BCUT2D eigenvalue weighted by Gasteiger charge is 2.16. The third-order valence-electron chi connectivity index (χ3n) is 3.90. The zero-order chi connectivity index (χ0) is 14.5. The summed E-state index contributed by atoms with van der Waals surface area (Å²) in [5.74, 6) is 2.54. The second kappa shape index (κ2) is 8.45. The Hall–Kier alpha value is -1.18. The Morgan fingerprint density at radius 3 is 2.77 bits per heavy atom. The number of fused-ring (bicyclic) bond motifs is 1. The standard InChI is InChI=1S/C16H23N3O2.HI/c1-2-17-16(19-13-5-3-4-6-13)18-10-12-7-8-14-15(9-12)21-11-20-14;/h7-9,13H,2-6,10-11H2,1H3,(H2,17,18,19);1H. The smallest absolute Gasteiger partial charge is 0.231 e. The summed E-state index contributed by atoms with van der Waals surface area (Å²) in [6, 6.07) is 6.56. The summed E-state index contributed by atoms with van der Waals surface area (Å²) >= 11 is 0. The molecule has 1 heterocycles. The van der Waals surface area contributed by atoms with Gasteiger partial charge in [0.05, 0.1) is 6.54 Å². The third-order valence-corrected chi connectivity index (χ3v) is 3.90. The minimum Gasteiger partial charge on any atom is -0.454 e. The molecule has 0 saturated heterocycles. The molecule has 22 heavy (non-hydrogen) atoms. The van der Waals surface area contributed by atoms with Crippen molar-refractivity contribution >= 4 is 29.9 Å². The van der Waals surface area contributed by atoms with Gasteiger partial charge >= 0.3 is 0 Å². The minimum atomic E-state index is 0. The highest BCUT2D eigenvalue weighted by Crippen LogP contribution is 2.32. The lowest BCUT2D eigenvalue weighted by Gasteiger charge is -2.16. The van der Waals surface area contributed by atoms with Gasteiger partial charge in [-0.3, -0.25) is 0 Å². The molecule has 0 amide bonds. The van der Waals surface area contributed by atoms with Gasteiger partial charge in [0.1, 0.15) is 0 Å². The van der Waals surface area contributed by atoms with Crippen molar-refractivity contribution in [3.8, 4) is 11.5 Å². The second-order valence-electron chi connectivity index (χ2n) is 5.51. The largest absolute Gasteiger partial charge is 0.454 e. The van der Waals surface area contributed by atoms with Gasteiger partial charge in [-0.25, -0.2) is 4.99 Å². The average molecular weight is 417 g/mol. The fraction of sp³-hybridized carbons (Fsp3) is 0.562. The van der Waals surface area contributed by atoms with Gasteiger partial charge in [0.2, 0.25) is 6.79 Å². The van der Waals surface area contributed by atoms with Crippen LogP contribution in [0.15, 0.2) is 23.2 Å². The Morgan fingerprint density at radius 2 is 2.00 bits per heavy atom. The molecule has 1 saturated carbocycles. The SMILES string of the molecule is CCNC(=NCc1ccc2c(c1)OCO2)NC1CCCC1.I. The summed E-state index contributed by atoms with van der Waals surface area (Å²) < 4.78 is 10.7. The molecule has 6 heteroatoms. The van der Waals surface area contributed by atoms with Crippen molar-refractivity contribution in [2.75, 3.05) is 13.3 Å². The number of rotatable bonds is 4. The Bertz CT molecular complexity index is 516. The molecule has 1 aliphatic heterocycles. The quantitative estimate of drug-likeness (QED) is 0.449. The van der Waals surface area contributed by atoms with E-state index in [0.717, 1.165) is 29.6 Å². The van der Waals surface area contributed by atoms with E-state index in [1.54, 1.807) is 0 Å². The normalized spacial score (nSPS) is 17.2. The molecule has 5 nitrogen and oxygen atoms in total. The predicted octanol–water partition coefficient (Wildman–Crippen LogP) is 3.03. The van der Waals surface area contributed by atoms with Gasteiger partial charge in [-0.2, -0.15) is 0 Å². The van der Waals surface area contributed by atoms with Crippen LogP contribution in [0.4, 0.5) is 0 Å². The van der Waals surface area contributed by atoms with Gasteiger partial charge in [0, 0.05) is 12.6 Å². The summed E-state index contributed by atoms with van der Waals surface area (Å²) in [4.78, 5) is 4.67. The van der Waals surface area contributed by atoms with Crippen LogP contribution in [0.3, 0.4) is 0 Å². The van der Waals surface area contributed by atoms with E-state index in [1.807, 2.05) is 18.2 Å². The van der Waals surface area contributed by atoms with E-state index in [4.69, 9.17) is 9.47 Å². The molecular weight excluding hydrogens is 393 g/mol. The zero-order valence-corrected chi connectivity index (χ0v) is 15.3. The van der Waals surface area contributed by atoms with Gasteiger partial charge in [0.25, 0.3) is 0 Å². The molecule has 0 radical (unpaired) electrons. The van der Waals surface area contributed by atoms with Crippen LogP contribution in [-0.4, -0.2) is 25.3 Å². The van der Waals surface area contributed by atoms with E-state index in [2.05, 4.69) is 22.5 Å². The zero-order valence-electron chi connectivity index (χ0n) is 12.9. The van der Waals surface area contributed by atoms with Gasteiger partial charge in [0.15, 0.2) is 17.5 Å². The summed E-state index contributed by atoms with van der Waals surface area (Å²) in [7, 11) is 0. The van der Waals surface area contributed by atoms with Crippen LogP contribution in [0.5, 0.6) is 11.5 Å². The van der Waals surface area contributed by atoms with Gasteiger partial charge < -0.3 is 20.1 Å². The lowest BCUT2D eigenvalue weighted by atomic mass is 10.2. The van der Waals surface area contributed by atoms with Crippen LogP contribution < -0.4 is 20.1 Å². The Kier molecular flexibility index (Phi) is 6.60. The molecule has 0 bridgehead atoms. The summed E-state index contributed by atoms with van der Waals surface area (Å²) in [5, 5.41) is 6.84. The maximum absolute atomic E-state index is 5.40. The van der Waals surface area contributed by atoms with E-state index >= 15 is 0 Å². The molecule has 122 valence electrons. The Morgan fingerprint density at radius 1 is 1.23 bits per heavy atom. The molecule has 0 spiro atoms. The fourth-order valence-electron chi connectivity index (χ4n) is 2.79. The predicted molar refractivity (Wildman–Crippen MR) is 98.2 cm³/mol. The number of ether oxygens (including phenoxy) is 2. The van der Waals surface area contributed by atoms with Crippen molar-refractivity contribution in [3.63, 3.8) is 0 Å². The van der Waals surface area contributed by atoms with Crippen molar-refractivity contribution in [2.45, 2.75) is 45.2 Å². The molecule has 3 rings (SSSR count). The first-order valence-electron chi connectivity index (χ1n) is 7.78. The first kappa shape index (κ1) is 17.2. The number of benzene rings is 1. The van der Waals surface area contributed by atoms with Crippen molar-refractivity contribution < 1.29 is 9.47 Å². The number of nitrogens with one attached hydrogen (secondary N) is 2. The molecule has 1 aromatic carbocycles. The van der Waals surface area contributed by atoms with Crippen LogP contribution in [0.25, 0.3) is 0 Å². The summed E-state index contributed by atoms with van der Waals surface area (Å²) in [6.45, 7) is 3.92. The molecule has 0 atom stereocenters. The van der Waals surface area contributed by atoms with Crippen LogP contribution in [0.1, 0.15) is 38.2 Å². The maximum atomic E-state index is 5.40. The second-order valence-corrected chi connectivity index (χ2v) is 5.51. The highest BCUT2D eigenvalue weighted by atomic mass is 127. The summed E-state index contributed by atoms with van der Waals surface area (Å²) in [6.07, 6.45) is 5.13.